The van der Waals surface area contributed by atoms with Crippen molar-refractivity contribution in [2.24, 2.45) is 0 Å². The minimum Gasteiger partial charge on any atom is -0.490 e. The molecule has 15 heteroatoms. The molecule has 1 saturated heterocycles. The monoisotopic (exact) mass is 1720 g/mol. The summed E-state index contributed by atoms with van der Waals surface area (Å²) in [6.07, 6.45) is 87.7. The Morgan fingerprint density at radius 3 is 0.463 bits per heavy atom. The maximum absolute atomic E-state index is 14.9. The van der Waals surface area contributed by atoms with Crippen LogP contribution in [0.25, 0.3) is 0 Å². The Balaban J connectivity index is 1.58. The summed E-state index contributed by atoms with van der Waals surface area (Å²) >= 11 is 0. The molecule has 1 aliphatic rings. The molecule has 15 nitrogen and oxygen atoms in total. The van der Waals surface area contributed by atoms with E-state index >= 15 is 0 Å². The van der Waals surface area contributed by atoms with E-state index in [1.165, 1.54) is 381 Å². The lowest BCUT2D eigenvalue weighted by atomic mass is 10.1. The smallest absolute Gasteiger partial charge is 0.418 e. The largest absolute Gasteiger partial charge is 0.490 e. The molecule has 0 spiro atoms. The third kappa shape index (κ3) is 59.9. The molecule has 0 aromatic heterocycles. The van der Waals surface area contributed by atoms with E-state index in [2.05, 4.69) is 41.5 Å². The van der Waals surface area contributed by atoms with Gasteiger partial charge in [0, 0.05) is 18.2 Å². The van der Waals surface area contributed by atoms with Crippen molar-refractivity contribution in [3.05, 3.63) is 54.6 Å². The molecule has 123 heavy (non-hydrogen) atoms. The summed E-state index contributed by atoms with van der Waals surface area (Å²) in [5, 5.41) is 0. The van der Waals surface area contributed by atoms with E-state index in [1.807, 2.05) is 18.2 Å². The third-order valence-electron chi connectivity index (χ3n) is 24.7. The van der Waals surface area contributed by atoms with Crippen LogP contribution < -0.4 is 42.6 Å². The first-order valence-corrected chi connectivity index (χ1v) is 52.8. The predicted molar refractivity (Wildman–Crippen MR) is 517 cm³/mol. The maximum Gasteiger partial charge on any atom is 0.418 e. The number of hydrogen-bond acceptors (Lipinski definition) is 12. The first kappa shape index (κ1) is 110. The molecule has 0 N–H and O–H groups in total. The van der Waals surface area contributed by atoms with Crippen molar-refractivity contribution in [2.75, 3.05) is 59.6 Å². The quantitative estimate of drug-likeness (QED) is 0.0496. The molecule has 4 rings (SSSR count). The maximum atomic E-state index is 14.9. The van der Waals surface area contributed by atoms with Crippen LogP contribution in [0.3, 0.4) is 0 Å². The van der Waals surface area contributed by atoms with Gasteiger partial charge in [-0.1, -0.05) is 465 Å². The molecule has 1 fully saturated rings. The Kier molecular flexibility index (Phi) is 72.0. The Morgan fingerprint density at radius 1 is 0.187 bits per heavy atom. The number of amides is 3. The molecular weight excluding hydrogens is 1530 g/mol. The number of unbranched alkanes of at least 4 members (excludes halogenated alkanes) is 66. The molecule has 0 saturated carbocycles. The number of carbonyl (C=O) groups excluding carboxylic acids is 3. The van der Waals surface area contributed by atoms with Gasteiger partial charge < -0.3 is 42.6 Å². The number of rotatable bonds is 87. The Bertz CT molecular complexity index is 2600. The highest BCUT2D eigenvalue weighted by molar-refractivity contribution is 5.77. The van der Waals surface area contributed by atoms with Crippen LogP contribution in [-0.4, -0.2) is 92.6 Å². The lowest BCUT2D eigenvalue weighted by Crippen LogP contribution is -2.60. The van der Waals surface area contributed by atoms with Crippen molar-refractivity contribution in [1.82, 2.24) is 14.7 Å². The normalized spacial score (nSPS) is 12.2. The summed E-state index contributed by atoms with van der Waals surface area (Å²) in [6, 6.07) is 15.8. The highest BCUT2D eigenvalue weighted by Gasteiger charge is 2.36. The van der Waals surface area contributed by atoms with E-state index < -0.39 is 18.3 Å². The van der Waals surface area contributed by atoms with Crippen LogP contribution >= 0.6 is 0 Å². The van der Waals surface area contributed by atoms with Gasteiger partial charge in [0.05, 0.1) is 39.6 Å². The van der Waals surface area contributed by atoms with Crippen LogP contribution in [0, 0.1) is 0 Å². The number of carbonyl (C=O) groups is 3. The molecule has 0 atom stereocenters. The van der Waals surface area contributed by atoms with Gasteiger partial charge in [-0.25, -0.2) is 14.4 Å². The lowest BCUT2D eigenvalue weighted by molar-refractivity contribution is 0.00252. The summed E-state index contributed by atoms with van der Waals surface area (Å²) in [5.41, 5.74) is 0. The van der Waals surface area contributed by atoms with E-state index in [0.29, 0.717) is 74.1 Å². The number of ether oxygens (including phenoxy) is 9. The summed E-state index contributed by atoms with van der Waals surface area (Å²) in [6.45, 7) is 16.0. The zero-order valence-corrected chi connectivity index (χ0v) is 80.7. The molecule has 0 unspecified atom stereocenters. The zero-order valence-electron chi connectivity index (χ0n) is 80.7. The molecule has 1 heterocycles. The van der Waals surface area contributed by atoms with Crippen molar-refractivity contribution >= 4 is 18.3 Å². The van der Waals surface area contributed by atoms with Gasteiger partial charge in [-0.3, -0.25) is 14.7 Å². The van der Waals surface area contributed by atoms with Crippen molar-refractivity contribution in [3.63, 3.8) is 0 Å². The van der Waals surface area contributed by atoms with Crippen LogP contribution in [0.5, 0.6) is 51.7 Å². The Labute approximate surface area is 755 Å². The van der Waals surface area contributed by atoms with E-state index in [1.54, 1.807) is 36.4 Å². The van der Waals surface area contributed by atoms with Crippen molar-refractivity contribution in [2.45, 2.75) is 504 Å². The van der Waals surface area contributed by atoms with Crippen LogP contribution in [0.4, 0.5) is 14.4 Å². The second-order valence-corrected chi connectivity index (χ2v) is 36.4. The number of nitrogens with zero attached hydrogens (tertiary/aromatic N) is 3. The third-order valence-corrected chi connectivity index (χ3v) is 24.7. The van der Waals surface area contributed by atoms with E-state index in [0.717, 1.165) is 96.3 Å². The first-order chi connectivity index (χ1) is 60.7. The SMILES string of the molecule is CCCCCCCCCCCCCCOc1ccc(OC(=O)N2CN(C(=O)Oc3ccc(OCCCCCCCCCCCCCC)c(OCCCCCCCCCCCCCC)c3)CN(C(=O)Oc3ccc(OCCCCCCCCCCCCCC)c(OCCCCCCCCCCCCCC)c3)C2)cc1OCCCCCCCCCCCCCC. The lowest BCUT2D eigenvalue weighted by Gasteiger charge is -2.40. The second kappa shape index (κ2) is 80.8. The Morgan fingerprint density at radius 2 is 0.317 bits per heavy atom. The minimum absolute atomic E-state index is 0.241. The highest BCUT2D eigenvalue weighted by atomic mass is 16.6. The van der Waals surface area contributed by atoms with E-state index in [4.69, 9.17) is 42.6 Å². The van der Waals surface area contributed by atoms with Crippen LogP contribution in [0.15, 0.2) is 54.6 Å². The van der Waals surface area contributed by atoms with Crippen LogP contribution in [0.1, 0.15) is 504 Å². The van der Waals surface area contributed by atoms with Crippen molar-refractivity contribution < 1.29 is 57.0 Å². The van der Waals surface area contributed by atoms with Gasteiger partial charge in [0.2, 0.25) is 0 Å². The fraction of sp³-hybridized carbons (Fsp3) is 0.806. The minimum atomic E-state index is -0.784. The molecule has 0 aliphatic carbocycles. The molecule has 1 aliphatic heterocycles. The van der Waals surface area contributed by atoms with Crippen molar-refractivity contribution in [3.8, 4) is 51.7 Å². The summed E-state index contributed by atoms with van der Waals surface area (Å²) in [7, 11) is 0. The fourth-order valence-electron chi connectivity index (χ4n) is 16.7. The topological polar surface area (TPSA) is 144 Å². The molecule has 3 amide bonds. The highest BCUT2D eigenvalue weighted by Crippen LogP contribution is 2.37. The van der Waals surface area contributed by atoms with E-state index in [-0.39, 0.29) is 37.3 Å². The average Bonchev–Trinajstić information content (AvgIpc) is 0.818. The van der Waals surface area contributed by atoms with Gasteiger partial charge in [0.1, 0.15) is 37.3 Å². The molecule has 0 radical (unpaired) electrons. The summed E-state index contributed by atoms with van der Waals surface area (Å²) < 4.78 is 57.8. The number of benzene rings is 3. The van der Waals surface area contributed by atoms with Gasteiger partial charge in [0.25, 0.3) is 0 Å². The molecule has 708 valence electrons. The Hall–Kier alpha value is -5.73. The van der Waals surface area contributed by atoms with Gasteiger partial charge >= 0.3 is 18.3 Å². The summed E-state index contributed by atoms with van der Waals surface area (Å²) in [4.78, 5) is 48.6. The molecule has 3 aromatic carbocycles. The first-order valence-electron chi connectivity index (χ1n) is 52.8. The number of hydrogen-bond donors (Lipinski definition) is 0. The van der Waals surface area contributed by atoms with Gasteiger partial charge in [-0.2, -0.15) is 0 Å². The molecular formula is C108H189N3O12. The molecule has 3 aromatic rings. The average molecular weight is 1720 g/mol. The standard InChI is InChI=1S/C108H189N3O12/c1-7-13-19-25-31-37-43-49-55-61-67-73-85-115-100-82-79-97(91-103(100)118-88-76-70-64-58-52-46-40-34-28-22-16-10-4)121-106(112)109-94-110(107(113)122-98-80-83-101(116-86-74-68-62-56-50-44-38-32-26-20-14-8-2)104(92-98)119-89-77-71-65-59-53-47-41-35-29-23-17-11-5)96-111(95-109)108(114)123-99-81-84-102(117-87-75-69-63-57-51-45-39-33-27-21-15-9-3)105(93-99)120-90-78-72-66-60-54-48-42-36-30-24-18-12-6/h79-84,91-93H,7-78,85-90,94-96H2,1-6H3. The second-order valence-electron chi connectivity index (χ2n) is 36.4. The van der Waals surface area contributed by atoms with Crippen LogP contribution in [-0.2, 0) is 0 Å². The zero-order chi connectivity index (χ0) is 87.7. The van der Waals surface area contributed by atoms with Gasteiger partial charge in [-0.05, 0) is 74.9 Å². The van der Waals surface area contributed by atoms with Gasteiger partial charge in [-0.15, -0.1) is 0 Å². The van der Waals surface area contributed by atoms with Crippen molar-refractivity contribution in [1.29, 1.82) is 0 Å². The van der Waals surface area contributed by atoms with Gasteiger partial charge in [0.15, 0.2) is 34.5 Å². The fourth-order valence-corrected chi connectivity index (χ4v) is 16.7. The summed E-state index contributed by atoms with van der Waals surface area (Å²) in [5.74, 6) is 4.06. The van der Waals surface area contributed by atoms with E-state index in [9.17, 15) is 14.4 Å². The molecule has 0 bridgehead atoms. The predicted octanol–water partition coefficient (Wildman–Crippen LogP) is 34.9. The van der Waals surface area contributed by atoms with Crippen LogP contribution in [0.2, 0.25) is 0 Å².